The van der Waals surface area contributed by atoms with Crippen molar-refractivity contribution < 1.29 is 4.79 Å². The number of anilines is 1. The van der Waals surface area contributed by atoms with E-state index in [0.29, 0.717) is 11.5 Å². The van der Waals surface area contributed by atoms with Crippen molar-refractivity contribution in [2.45, 2.75) is 19.3 Å². The zero-order valence-corrected chi connectivity index (χ0v) is 18.1. The van der Waals surface area contributed by atoms with E-state index in [0.717, 1.165) is 54.7 Å². The molecule has 6 nitrogen and oxygen atoms in total. The van der Waals surface area contributed by atoms with Gasteiger partial charge in [-0.3, -0.25) is 4.98 Å². The van der Waals surface area contributed by atoms with E-state index in [1.165, 1.54) is 5.56 Å². The highest BCUT2D eigenvalue weighted by Crippen LogP contribution is 2.23. The molecule has 1 aromatic heterocycles. The number of carbonyl (C=O) groups excluding carboxylic acids is 1. The molecule has 1 aliphatic heterocycles. The third-order valence-electron chi connectivity index (χ3n) is 5.71. The van der Waals surface area contributed by atoms with E-state index >= 15 is 0 Å². The molecule has 2 aromatic carbocycles. The number of carbonyl (C=O) groups is 1. The van der Waals surface area contributed by atoms with E-state index in [1.54, 1.807) is 12.4 Å². The van der Waals surface area contributed by atoms with Crippen LogP contribution in [-0.2, 0) is 6.42 Å². The fourth-order valence-electron chi connectivity index (χ4n) is 4.02. The minimum atomic E-state index is -0.444. The summed E-state index contributed by atoms with van der Waals surface area (Å²) in [4.78, 5) is 23.2. The Hall–Kier alpha value is -2.96. The minimum Gasteiger partial charge on any atom is -0.387 e. The predicted molar refractivity (Wildman–Crippen MR) is 127 cm³/mol. The van der Waals surface area contributed by atoms with E-state index < -0.39 is 6.03 Å². The quantitative estimate of drug-likeness (QED) is 0.448. The van der Waals surface area contributed by atoms with Crippen molar-refractivity contribution in [3.8, 4) is 0 Å². The number of amides is 2. The monoisotopic (exact) mass is 435 g/mol. The number of urea groups is 1. The standard InChI is InChI=1S/C24H26ClN5O/c25-20-8-6-17(7-9-20)11-14-30-13-2-4-19(16-30)23(26)29-24(31)28-22-5-1-3-18-15-27-12-10-21(18)22/h1,3,5-10,12,15,19H,2,4,11,13-14,16H2,(H3,26,28,29,31). The number of nitrogens with zero attached hydrogens (tertiary/aromatic N) is 3. The van der Waals surface area contributed by atoms with E-state index in [9.17, 15) is 4.79 Å². The number of likely N-dealkylation sites (tertiary alicyclic amines) is 1. The number of benzene rings is 2. The molecule has 3 aromatic rings. The second-order valence-corrected chi connectivity index (χ2v) is 8.32. The van der Waals surface area contributed by atoms with Gasteiger partial charge in [0.2, 0.25) is 0 Å². The first-order valence-electron chi connectivity index (χ1n) is 10.5. The van der Waals surface area contributed by atoms with Gasteiger partial charge in [0.05, 0.1) is 5.69 Å². The van der Waals surface area contributed by atoms with Crippen molar-refractivity contribution >= 4 is 39.9 Å². The average Bonchev–Trinajstić information content (AvgIpc) is 2.79. The van der Waals surface area contributed by atoms with Crippen LogP contribution in [0.2, 0.25) is 5.02 Å². The molecule has 1 fully saturated rings. The molecule has 160 valence electrons. The molecular weight excluding hydrogens is 410 g/mol. The van der Waals surface area contributed by atoms with E-state index in [1.807, 2.05) is 36.4 Å². The lowest BCUT2D eigenvalue weighted by molar-refractivity contribution is 0.206. The summed E-state index contributed by atoms with van der Waals surface area (Å²) in [6.45, 7) is 2.80. The van der Waals surface area contributed by atoms with Crippen LogP contribution in [0.4, 0.5) is 10.5 Å². The number of piperidine rings is 1. The average molecular weight is 436 g/mol. The first-order chi connectivity index (χ1) is 15.1. The number of hydrogen-bond donors (Lipinski definition) is 2. The molecule has 31 heavy (non-hydrogen) atoms. The van der Waals surface area contributed by atoms with Gasteiger partial charge in [-0.2, -0.15) is 4.99 Å². The first kappa shape index (κ1) is 21.3. The third kappa shape index (κ3) is 5.60. The van der Waals surface area contributed by atoms with Gasteiger partial charge in [-0.15, -0.1) is 0 Å². The van der Waals surface area contributed by atoms with Crippen LogP contribution in [-0.4, -0.2) is 41.4 Å². The Labute approximate surface area is 187 Å². The highest BCUT2D eigenvalue weighted by Gasteiger charge is 2.23. The zero-order chi connectivity index (χ0) is 21.6. The number of rotatable bonds is 5. The molecule has 7 heteroatoms. The Bertz CT molecular complexity index is 1080. The lowest BCUT2D eigenvalue weighted by Crippen LogP contribution is -2.42. The van der Waals surface area contributed by atoms with Gasteiger partial charge in [-0.05, 0) is 55.6 Å². The molecule has 0 saturated carbocycles. The molecule has 0 bridgehead atoms. The van der Waals surface area contributed by atoms with E-state index in [4.69, 9.17) is 17.3 Å². The Morgan fingerprint density at radius 2 is 2.06 bits per heavy atom. The molecule has 1 saturated heterocycles. The van der Waals surface area contributed by atoms with Crippen molar-refractivity contribution in [2.75, 3.05) is 25.0 Å². The number of aromatic nitrogens is 1. The summed E-state index contributed by atoms with van der Waals surface area (Å²) in [5, 5.41) is 5.49. The van der Waals surface area contributed by atoms with Crippen molar-refractivity contribution in [3.05, 3.63) is 71.5 Å². The second kappa shape index (κ2) is 9.90. The van der Waals surface area contributed by atoms with E-state index in [2.05, 4.69) is 32.3 Å². The Balaban J connectivity index is 1.35. The zero-order valence-electron chi connectivity index (χ0n) is 17.3. The maximum Gasteiger partial charge on any atom is 0.347 e. The number of fused-ring (bicyclic) bond motifs is 1. The molecule has 0 spiro atoms. The Morgan fingerprint density at radius 1 is 1.23 bits per heavy atom. The molecule has 2 amide bonds. The van der Waals surface area contributed by atoms with Crippen LogP contribution in [0.25, 0.3) is 10.8 Å². The van der Waals surface area contributed by atoms with Gasteiger partial charge in [0.25, 0.3) is 0 Å². The van der Waals surface area contributed by atoms with Crippen LogP contribution in [0.5, 0.6) is 0 Å². The summed E-state index contributed by atoms with van der Waals surface area (Å²) in [5.41, 5.74) is 8.20. The summed E-state index contributed by atoms with van der Waals surface area (Å²) in [6, 6.07) is 15.1. The second-order valence-electron chi connectivity index (χ2n) is 7.89. The smallest absolute Gasteiger partial charge is 0.347 e. The van der Waals surface area contributed by atoms with Crippen molar-refractivity contribution in [3.63, 3.8) is 0 Å². The molecule has 0 aliphatic carbocycles. The van der Waals surface area contributed by atoms with Gasteiger partial charge < -0.3 is 16.0 Å². The molecular formula is C24H26ClN5O. The van der Waals surface area contributed by atoms with Crippen LogP contribution >= 0.6 is 11.6 Å². The van der Waals surface area contributed by atoms with Crippen molar-refractivity contribution in [2.24, 2.45) is 16.6 Å². The van der Waals surface area contributed by atoms with Gasteiger partial charge in [-0.1, -0.05) is 35.9 Å². The molecule has 0 radical (unpaired) electrons. The molecule has 2 heterocycles. The maximum absolute atomic E-state index is 12.5. The van der Waals surface area contributed by atoms with Gasteiger partial charge >= 0.3 is 6.03 Å². The van der Waals surface area contributed by atoms with Crippen LogP contribution in [0.1, 0.15) is 18.4 Å². The number of halogens is 1. The summed E-state index contributed by atoms with van der Waals surface area (Å²) < 4.78 is 0. The van der Waals surface area contributed by atoms with E-state index in [-0.39, 0.29) is 5.92 Å². The topological polar surface area (TPSA) is 83.6 Å². The van der Waals surface area contributed by atoms with Crippen LogP contribution < -0.4 is 11.1 Å². The van der Waals surface area contributed by atoms with Gasteiger partial charge in [0, 0.05) is 47.2 Å². The number of nitrogens with one attached hydrogen (secondary N) is 1. The predicted octanol–water partition coefficient (Wildman–Crippen LogP) is 4.73. The number of aliphatic imine (C=N–C) groups is 1. The van der Waals surface area contributed by atoms with Crippen LogP contribution in [0.15, 0.2) is 65.9 Å². The Morgan fingerprint density at radius 3 is 2.90 bits per heavy atom. The fraction of sp³-hybridized carbons (Fsp3) is 0.292. The van der Waals surface area contributed by atoms with Gasteiger partial charge in [0.15, 0.2) is 0 Å². The highest BCUT2D eigenvalue weighted by molar-refractivity contribution is 6.30. The maximum atomic E-state index is 12.5. The van der Waals surface area contributed by atoms with Crippen LogP contribution in [0.3, 0.4) is 0 Å². The SMILES string of the molecule is N/C(=N\C(=O)Nc1cccc2cnccc12)C1CCCN(CCc2ccc(Cl)cc2)C1. The number of hydrogen-bond acceptors (Lipinski definition) is 3. The normalized spacial score (nSPS) is 17.6. The van der Waals surface area contributed by atoms with Gasteiger partial charge in [-0.25, -0.2) is 4.79 Å². The number of pyridine rings is 1. The number of amidine groups is 1. The summed E-state index contributed by atoms with van der Waals surface area (Å²) >= 11 is 5.96. The largest absolute Gasteiger partial charge is 0.387 e. The molecule has 1 aliphatic rings. The first-order valence-corrected chi connectivity index (χ1v) is 10.9. The van der Waals surface area contributed by atoms with Crippen molar-refractivity contribution in [1.29, 1.82) is 0 Å². The third-order valence-corrected chi connectivity index (χ3v) is 5.96. The number of nitrogens with two attached hydrogens (primary N) is 1. The molecule has 1 atom stereocenters. The molecule has 4 rings (SSSR count). The summed E-state index contributed by atoms with van der Waals surface area (Å²) in [5.74, 6) is 0.483. The molecule has 3 N–H and O–H groups in total. The minimum absolute atomic E-state index is 0.0847. The molecule has 1 unspecified atom stereocenters. The van der Waals surface area contributed by atoms with Gasteiger partial charge in [0.1, 0.15) is 5.84 Å². The lowest BCUT2D eigenvalue weighted by Gasteiger charge is -2.32. The van der Waals surface area contributed by atoms with Crippen molar-refractivity contribution in [1.82, 2.24) is 9.88 Å². The fourth-order valence-corrected chi connectivity index (χ4v) is 4.15. The van der Waals surface area contributed by atoms with Crippen LogP contribution in [0, 0.1) is 5.92 Å². The lowest BCUT2D eigenvalue weighted by atomic mass is 9.96. The highest BCUT2D eigenvalue weighted by atomic mass is 35.5. The summed E-state index contributed by atoms with van der Waals surface area (Å²) in [6.07, 6.45) is 6.41. The summed E-state index contributed by atoms with van der Waals surface area (Å²) in [7, 11) is 0. The Kier molecular flexibility index (Phi) is 6.79.